The molecule has 5 nitrogen and oxygen atoms in total. The first-order valence-electron chi connectivity index (χ1n) is 14.4. The van der Waals surface area contributed by atoms with Crippen molar-refractivity contribution in [2.24, 2.45) is 22.7 Å². The largest absolute Gasteiger partial charge is 0.507 e. The number of nitrogens with one attached hydrogen (secondary N) is 1. The van der Waals surface area contributed by atoms with Crippen molar-refractivity contribution in [3.8, 4) is 5.75 Å². The van der Waals surface area contributed by atoms with Crippen LogP contribution in [0.1, 0.15) is 82.3 Å². The van der Waals surface area contributed by atoms with Gasteiger partial charge in [-0.15, -0.1) is 0 Å². The molecule has 7 atom stereocenters. The van der Waals surface area contributed by atoms with Crippen molar-refractivity contribution in [3.63, 3.8) is 0 Å². The number of rotatable bonds is 5. The van der Waals surface area contributed by atoms with Gasteiger partial charge in [0.2, 0.25) is 0 Å². The van der Waals surface area contributed by atoms with E-state index in [0.717, 1.165) is 67.0 Å². The van der Waals surface area contributed by atoms with E-state index < -0.39 is 5.60 Å². The number of fused-ring (bicyclic) bond motifs is 5. The number of hydrogen-bond donors (Lipinski definition) is 3. The maximum atomic E-state index is 12.4. The first kappa shape index (κ1) is 26.6. The smallest absolute Gasteiger partial charge is 0.335 e. The van der Waals surface area contributed by atoms with E-state index in [0.29, 0.717) is 23.6 Å². The predicted molar refractivity (Wildman–Crippen MR) is 157 cm³/mol. The van der Waals surface area contributed by atoms with E-state index in [-0.39, 0.29) is 22.4 Å². The number of allylic oxidation sites excluding steroid dienone is 1. The van der Waals surface area contributed by atoms with Gasteiger partial charge in [-0.3, -0.25) is 0 Å². The Morgan fingerprint density at radius 1 is 1.05 bits per heavy atom. The van der Waals surface area contributed by atoms with Crippen LogP contribution in [0.2, 0.25) is 0 Å². The van der Waals surface area contributed by atoms with Crippen molar-refractivity contribution in [1.29, 1.82) is 0 Å². The number of phenols is 1. The Morgan fingerprint density at radius 3 is 2.66 bits per heavy atom. The van der Waals surface area contributed by atoms with Gasteiger partial charge in [0, 0.05) is 17.5 Å². The minimum atomic E-state index is -0.665. The minimum Gasteiger partial charge on any atom is -0.507 e. The minimum absolute atomic E-state index is 0.169. The molecule has 1 aromatic carbocycles. The van der Waals surface area contributed by atoms with Gasteiger partial charge in [0.15, 0.2) is 0 Å². The molecule has 0 radical (unpaired) electrons. The van der Waals surface area contributed by atoms with Crippen molar-refractivity contribution in [3.05, 3.63) is 73.4 Å². The zero-order chi connectivity index (χ0) is 26.7. The third kappa shape index (κ3) is 4.21. The lowest BCUT2D eigenvalue weighted by atomic mass is 9.45. The summed E-state index contributed by atoms with van der Waals surface area (Å²) in [6, 6.07) is 9.72. The molecule has 6 rings (SSSR count). The summed E-state index contributed by atoms with van der Waals surface area (Å²) in [4.78, 5) is 11.6. The van der Waals surface area contributed by atoms with Crippen molar-refractivity contribution >= 4 is 22.6 Å². The van der Waals surface area contributed by atoms with Crippen LogP contribution < -0.4 is 10.9 Å². The van der Waals surface area contributed by atoms with E-state index in [1.807, 2.05) is 12.1 Å². The quantitative estimate of drug-likeness (QED) is 0.267. The zero-order valence-electron chi connectivity index (χ0n) is 22.5. The van der Waals surface area contributed by atoms with E-state index in [1.54, 1.807) is 17.9 Å². The third-order valence-electron chi connectivity index (χ3n) is 11.3. The summed E-state index contributed by atoms with van der Waals surface area (Å²) in [7, 11) is 0. The van der Waals surface area contributed by atoms with Crippen molar-refractivity contribution in [2.45, 2.75) is 89.2 Å². The molecule has 0 aliphatic heterocycles. The number of hydrogen-bond acceptors (Lipinski definition) is 5. The number of aliphatic hydroxyl groups is 1. The highest BCUT2D eigenvalue weighted by Gasteiger charge is 2.66. The SMILES string of the molecule is CC12CCC(NCCc3ccc(O)c(I)c3)C=C1CCC1C2CCC2(C)C(c3ccc(=O)oc3)CCC12O. The Morgan fingerprint density at radius 2 is 1.89 bits per heavy atom. The summed E-state index contributed by atoms with van der Waals surface area (Å²) in [5.41, 5.74) is 2.93. The Bertz CT molecular complexity index is 1280. The Balaban J connectivity index is 1.16. The maximum Gasteiger partial charge on any atom is 0.335 e. The van der Waals surface area contributed by atoms with Crippen LogP contribution in [0.25, 0.3) is 0 Å². The van der Waals surface area contributed by atoms with E-state index in [1.165, 1.54) is 18.1 Å². The van der Waals surface area contributed by atoms with Crippen molar-refractivity contribution in [1.82, 2.24) is 5.32 Å². The van der Waals surface area contributed by atoms with Crippen molar-refractivity contribution in [2.75, 3.05) is 6.54 Å². The second-order valence-corrected chi connectivity index (χ2v) is 14.0. The molecular formula is C32H40INO4. The average Bonchev–Trinajstić information content (AvgIpc) is 3.18. The van der Waals surface area contributed by atoms with Gasteiger partial charge < -0.3 is 19.9 Å². The number of halogens is 1. The second-order valence-electron chi connectivity index (χ2n) is 12.9. The fourth-order valence-electron chi connectivity index (χ4n) is 9.07. The first-order chi connectivity index (χ1) is 18.1. The van der Waals surface area contributed by atoms with Crippen LogP contribution in [0.15, 0.2) is 57.5 Å². The van der Waals surface area contributed by atoms with Gasteiger partial charge in [0.1, 0.15) is 5.75 Å². The van der Waals surface area contributed by atoms with Crippen LogP contribution in [-0.2, 0) is 6.42 Å². The van der Waals surface area contributed by atoms with Gasteiger partial charge in [-0.2, -0.15) is 0 Å². The molecule has 3 fully saturated rings. The van der Waals surface area contributed by atoms with Crippen LogP contribution in [-0.4, -0.2) is 28.4 Å². The van der Waals surface area contributed by atoms with Crippen LogP contribution in [0.3, 0.4) is 0 Å². The lowest BCUT2D eigenvalue weighted by Gasteiger charge is -2.62. The van der Waals surface area contributed by atoms with Crippen LogP contribution in [0, 0.1) is 26.2 Å². The average molecular weight is 630 g/mol. The lowest BCUT2D eigenvalue weighted by molar-refractivity contribution is -0.177. The second kappa shape index (κ2) is 9.77. The highest BCUT2D eigenvalue weighted by Crippen LogP contribution is 2.70. The molecule has 0 bridgehead atoms. The molecule has 0 spiro atoms. The first-order valence-corrected chi connectivity index (χ1v) is 15.4. The summed E-state index contributed by atoms with van der Waals surface area (Å²) in [6.45, 7) is 5.71. The molecule has 0 saturated heterocycles. The molecule has 3 N–H and O–H groups in total. The molecular weight excluding hydrogens is 589 g/mol. The molecule has 3 saturated carbocycles. The van der Waals surface area contributed by atoms with Gasteiger partial charge >= 0.3 is 5.63 Å². The van der Waals surface area contributed by atoms with Gasteiger partial charge in [-0.1, -0.05) is 31.6 Å². The molecule has 7 unspecified atom stereocenters. The summed E-state index contributed by atoms with van der Waals surface area (Å²) < 4.78 is 6.14. The van der Waals surface area contributed by atoms with E-state index in [9.17, 15) is 15.0 Å². The molecule has 4 aliphatic carbocycles. The molecule has 38 heavy (non-hydrogen) atoms. The fraction of sp³-hybridized carbons (Fsp3) is 0.594. The number of benzene rings is 1. The summed E-state index contributed by atoms with van der Waals surface area (Å²) in [5, 5.41) is 26.0. The molecule has 1 heterocycles. The predicted octanol–water partition coefficient (Wildman–Crippen LogP) is 6.31. The van der Waals surface area contributed by atoms with Gasteiger partial charge in [-0.05, 0) is 139 Å². The third-order valence-corrected chi connectivity index (χ3v) is 12.1. The molecule has 2 aromatic rings. The Labute approximate surface area is 239 Å². The Hall–Kier alpha value is -1.64. The molecule has 4 aliphatic rings. The standard InChI is InChI=1S/C32H40INO4/c1-30-13-9-23(34-16-12-20-3-7-28(35)27(33)17-20)18-22(30)5-6-26-25(30)10-14-31(2)24(11-15-32(26,31)37)21-4-8-29(36)38-19-21/h3-4,7-8,17-19,23-26,34-35,37H,5-6,9-16H2,1-2H3. The Kier molecular flexibility index (Phi) is 6.83. The number of aromatic hydroxyl groups is 1. The fourth-order valence-corrected chi connectivity index (χ4v) is 9.65. The van der Waals surface area contributed by atoms with Crippen molar-refractivity contribution < 1.29 is 14.6 Å². The number of phenolic OH excluding ortho intramolecular Hbond substituents is 1. The van der Waals surface area contributed by atoms with E-state index >= 15 is 0 Å². The highest BCUT2D eigenvalue weighted by atomic mass is 127. The van der Waals surface area contributed by atoms with Crippen LogP contribution in [0.4, 0.5) is 0 Å². The lowest BCUT2D eigenvalue weighted by Crippen LogP contribution is -2.60. The summed E-state index contributed by atoms with van der Waals surface area (Å²) >= 11 is 2.18. The molecule has 6 heteroatoms. The maximum absolute atomic E-state index is 12.4. The van der Waals surface area contributed by atoms with Crippen LogP contribution in [0.5, 0.6) is 5.75 Å². The van der Waals surface area contributed by atoms with Gasteiger partial charge in [0.25, 0.3) is 0 Å². The molecule has 204 valence electrons. The highest BCUT2D eigenvalue weighted by molar-refractivity contribution is 14.1. The monoisotopic (exact) mass is 629 g/mol. The normalized spacial score (nSPS) is 38.2. The van der Waals surface area contributed by atoms with Gasteiger partial charge in [0.05, 0.1) is 15.4 Å². The van der Waals surface area contributed by atoms with E-state index in [2.05, 4.69) is 53.9 Å². The molecule has 1 aromatic heterocycles. The van der Waals surface area contributed by atoms with Gasteiger partial charge in [-0.25, -0.2) is 4.79 Å². The van der Waals surface area contributed by atoms with E-state index in [4.69, 9.17) is 4.42 Å². The van der Waals surface area contributed by atoms with Crippen LogP contribution >= 0.6 is 22.6 Å². The summed E-state index contributed by atoms with van der Waals surface area (Å²) in [5.74, 6) is 1.43. The summed E-state index contributed by atoms with van der Waals surface area (Å²) in [6.07, 6.45) is 13.5. The zero-order valence-corrected chi connectivity index (χ0v) is 24.7. The molecule has 0 amide bonds. The topological polar surface area (TPSA) is 82.7 Å².